The van der Waals surface area contributed by atoms with Crippen LogP contribution in [0.25, 0.3) is 11.1 Å². The SMILES string of the molecule is NCCNC(=O)c1cccc(C(=O)CNCCOC(=O)N(c2ccccc2-c2ccccc2)N2CCCCC2)n1. The van der Waals surface area contributed by atoms with Crippen molar-refractivity contribution in [2.75, 3.05) is 50.9 Å². The summed E-state index contributed by atoms with van der Waals surface area (Å²) in [6, 6.07) is 22.5. The number of benzene rings is 2. The molecule has 1 saturated heterocycles. The fourth-order valence-corrected chi connectivity index (χ4v) is 4.52. The van der Waals surface area contributed by atoms with Gasteiger partial charge in [-0.3, -0.25) is 9.59 Å². The van der Waals surface area contributed by atoms with E-state index in [1.807, 2.05) is 59.6 Å². The molecule has 0 radical (unpaired) electrons. The number of amides is 2. The number of pyridine rings is 1. The first-order chi connectivity index (χ1) is 19.6. The molecular weight excluding hydrogens is 508 g/mol. The normalized spacial score (nSPS) is 13.4. The molecule has 4 rings (SSSR count). The Kier molecular flexibility index (Phi) is 10.7. The molecule has 1 aliphatic heterocycles. The highest BCUT2D eigenvalue weighted by Gasteiger charge is 2.28. The molecule has 0 spiro atoms. The number of para-hydroxylation sites is 1. The highest BCUT2D eigenvalue weighted by atomic mass is 16.6. The van der Waals surface area contributed by atoms with Crippen molar-refractivity contribution in [1.82, 2.24) is 20.6 Å². The summed E-state index contributed by atoms with van der Waals surface area (Å²) in [7, 11) is 0. The summed E-state index contributed by atoms with van der Waals surface area (Å²) in [5.74, 6) is -0.654. The van der Waals surface area contributed by atoms with Crippen LogP contribution < -0.4 is 21.4 Å². The molecule has 2 heterocycles. The molecule has 10 heteroatoms. The molecule has 3 aromatic rings. The lowest BCUT2D eigenvalue weighted by atomic mass is 10.0. The average Bonchev–Trinajstić information content (AvgIpc) is 3.01. The predicted molar refractivity (Wildman–Crippen MR) is 154 cm³/mol. The largest absolute Gasteiger partial charge is 0.447 e. The van der Waals surface area contributed by atoms with Gasteiger partial charge in [-0.15, -0.1) is 0 Å². The highest BCUT2D eigenvalue weighted by molar-refractivity contribution is 5.98. The summed E-state index contributed by atoms with van der Waals surface area (Å²) in [5, 5.41) is 9.33. The second kappa shape index (κ2) is 14.9. The fraction of sp³-hybridized carbons (Fsp3) is 0.333. The molecule has 1 aromatic heterocycles. The van der Waals surface area contributed by atoms with Crippen molar-refractivity contribution in [3.63, 3.8) is 0 Å². The van der Waals surface area contributed by atoms with Gasteiger partial charge in [-0.1, -0.05) is 61.0 Å². The van der Waals surface area contributed by atoms with Gasteiger partial charge in [0.15, 0.2) is 5.78 Å². The van der Waals surface area contributed by atoms with Crippen molar-refractivity contribution in [3.8, 4) is 11.1 Å². The molecule has 0 saturated carbocycles. The molecule has 0 unspecified atom stereocenters. The number of nitrogens with zero attached hydrogens (tertiary/aromatic N) is 3. The maximum Gasteiger partial charge on any atom is 0.429 e. The van der Waals surface area contributed by atoms with E-state index >= 15 is 0 Å². The summed E-state index contributed by atoms with van der Waals surface area (Å²) < 4.78 is 5.67. The number of ketones is 1. The van der Waals surface area contributed by atoms with Crippen molar-refractivity contribution in [1.29, 1.82) is 0 Å². The van der Waals surface area contributed by atoms with E-state index in [0.29, 0.717) is 13.1 Å². The number of Topliss-reactive ketones (excluding diaryl/α,β-unsaturated/α-hetero) is 1. The first-order valence-corrected chi connectivity index (χ1v) is 13.6. The zero-order chi connectivity index (χ0) is 28.2. The molecule has 0 aliphatic carbocycles. The number of nitrogens with one attached hydrogen (secondary N) is 2. The molecule has 2 amide bonds. The number of carbonyl (C=O) groups is 3. The van der Waals surface area contributed by atoms with Crippen LogP contribution in [0.4, 0.5) is 10.5 Å². The Morgan fingerprint density at radius 3 is 2.38 bits per heavy atom. The Labute approximate surface area is 234 Å². The van der Waals surface area contributed by atoms with E-state index in [0.717, 1.165) is 49.2 Å². The Balaban J connectivity index is 1.35. The predicted octanol–water partition coefficient (Wildman–Crippen LogP) is 3.25. The Morgan fingerprint density at radius 2 is 1.60 bits per heavy atom. The lowest BCUT2D eigenvalue weighted by molar-refractivity contribution is 0.0949. The van der Waals surface area contributed by atoms with Crippen LogP contribution in [0.3, 0.4) is 0 Å². The van der Waals surface area contributed by atoms with E-state index in [9.17, 15) is 14.4 Å². The van der Waals surface area contributed by atoms with E-state index in [2.05, 4.69) is 15.6 Å². The fourth-order valence-electron chi connectivity index (χ4n) is 4.52. The quantitative estimate of drug-likeness (QED) is 0.234. The molecule has 0 atom stereocenters. The van der Waals surface area contributed by atoms with Crippen LogP contribution in [-0.4, -0.2) is 73.7 Å². The monoisotopic (exact) mass is 544 g/mol. The molecule has 0 bridgehead atoms. The van der Waals surface area contributed by atoms with Gasteiger partial charge in [-0.25, -0.2) is 19.8 Å². The lowest BCUT2D eigenvalue weighted by Gasteiger charge is -2.37. The molecule has 10 nitrogen and oxygen atoms in total. The first kappa shape index (κ1) is 28.9. The minimum Gasteiger partial charge on any atom is -0.447 e. The van der Waals surface area contributed by atoms with E-state index in [-0.39, 0.29) is 42.8 Å². The van der Waals surface area contributed by atoms with Crippen molar-refractivity contribution in [2.45, 2.75) is 19.3 Å². The number of nitrogens with two attached hydrogens (primary N) is 1. The Morgan fingerprint density at radius 1 is 0.875 bits per heavy atom. The van der Waals surface area contributed by atoms with Gasteiger partial charge in [0.1, 0.15) is 18.0 Å². The van der Waals surface area contributed by atoms with Crippen LogP contribution in [0.15, 0.2) is 72.8 Å². The van der Waals surface area contributed by atoms with Gasteiger partial charge in [-0.05, 0) is 36.6 Å². The third kappa shape index (κ3) is 7.72. The molecule has 40 heavy (non-hydrogen) atoms. The van der Waals surface area contributed by atoms with Crippen LogP contribution >= 0.6 is 0 Å². The van der Waals surface area contributed by atoms with Gasteiger partial charge in [-0.2, -0.15) is 0 Å². The van der Waals surface area contributed by atoms with Crippen LogP contribution in [0, 0.1) is 0 Å². The second-order valence-corrected chi connectivity index (χ2v) is 9.38. The first-order valence-electron chi connectivity index (χ1n) is 13.6. The number of aromatic nitrogens is 1. The lowest BCUT2D eigenvalue weighted by Crippen LogP contribution is -2.50. The van der Waals surface area contributed by atoms with Crippen LogP contribution in [-0.2, 0) is 4.74 Å². The molecule has 1 aliphatic rings. The third-order valence-electron chi connectivity index (χ3n) is 6.49. The van der Waals surface area contributed by atoms with E-state index in [1.54, 1.807) is 23.2 Å². The number of carbonyl (C=O) groups excluding carboxylic acids is 3. The minimum atomic E-state index is -0.462. The van der Waals surface area contributed by atoms with Crippen LogP contribution in [0.1, 0.15) is 40.2 Å². The van der Waals surface area contributed by atoms with Crippen molar-refractivity contribution in [3.05, 3.63) is 84.2 Å². The van der Waals surface area contributed by atoms with Gasteiger partial charge in [0.25, 0.3) is 5.91 Å². The number of ether oxygens (including phenoxy) is 1. The van der Waals surface area contributed by atoms with Crippen LogP contribution in [0.5, 0.6) is 0 Å². The highest BCUT2D eigenvalue weighted by Crippen LogP contribution is 2.33. The molecular formula is C30H36N6O4. The van der Waals surface area contributed by atoms with Crippen molar-refractivity contribution in [2.24, 2.45) is 5.73 Å². The Bertz CT molecular complexity index is 1280. The van der Waals surface area contributed by atoms with Crippen LogP contribution in [0.2, 0.25) is 0 Å². The smallest absolute Gasteiger partial charge is 0.429 e. The summed E-state index contributed by atoms with van der Waals surface area (Å²) in [4.78, 5) is 42.3. The molecule has 2 aromatic carbocycles. The van der Waals surface area contributed by atoms with Gasteiger partial charge in [0, 0.05) is 38.3 Å². The third-order valence-corrected chi connectivity index (χ3v) is 6.49. The van der Waals surface area contributed by atoms with E-state index < -0.39 is 6.09 Å². The van der Waals surface area contributed by atoms with Crippen molar-refractivity contribution < 1.29 is 19.1 Å². The zero-order valence-electron chi connectivity index (χ0n) is 22.6. The second-order valence-electron chi connectivity index (χ2n) is 9.38. The zero-order valence-corrected chi connectivity index (χ0v) is 22.6. The van der Waals surface area contributed by atoms with Gasteiger partial charge in [0.05, 0.1) is 12.2 Å². The van der Waals surface area contributed by atoms with E-state index in [4.69, 9.17) is 10.5 Å². The number of anilines is 1. The topological polar surface area (TPSA) is 130 Å². The summed E-state index contributed by atoms with van der Waals surface area (Å²) in [6.45, 7) is 2.52. The van der Waals surface area contributed by atoms with Crippen molar-refractivity contribution >= 4 is 23.5 Å². The molecule has 210 valence electrons. The number of hydrogen-bond donors (Lipinski definition) is 3. The molecule has 1 fully saturated rings. The standard InChI is InChI=1S/C30H36N6O4/c31-16-17-33-29(38)26-14-9-13-25(34-26)28(37)22-32-18-21-40-30(39)36(35-19-7-2-8-20-35)27-15-6-5-12-24(27)23-10-3-1-4-11-23/h1,3-6,9-15,32H,2,7-8,16-22,31H2,(H,33,38). The summed E-state index contributed by atoms with van der Waals surface area (Å²) >= 11 is 0. The van der Waals surface area contributed by atoms with Gasteiger partial charge in [0.2, 0.25) is 0 Å². The number of rotatable bonds is 12. The summed E-state index contributed by atoms with van der Waals surface area (Å²) in [5.41, 5.74) is 8.48. The van der Waals surface area contributed by atoms with Gasteiger partial charge < -0.3 is 21.1 Å². The number of hydrogen-bond acceptors (Lipinski definition) is 8. The molecule has 4 N–H and O–H groups in total. The maximum atomic E-state index is 13.4. The summed E-state index contributed by atoms with van der Waals surface area (Å²) in [6.07, 6.45) is 2.68. The Hall–Kier alpha value is -4.12. The number of piperidine rings is 1. The minimum absolute atomic E-state index is 0.00883. The average molecular weight is 545 g/mol. The van der Waals surface area contributed by atoms with E-state index in [1.165, 1.54) is 0 Å². The van der Waals surface area contributed by atoms with Gasteiger partial charge >= 0.3 is 6.09 Å². The maximum absolute atomic E-state index is 13.4. The number of hydrazine groups is 1.